The summed E-state index contributed by atoms with van der Waals surface area (Å²) >= 11 is 0. The topological polar surface area (TPSA) is 83.9 Å². The van der Waals surface area contributed by atoms with Crippen molar-refractivity contribution in [2.75, 3.05) is 26.5 Å². The molecule has 0 aromatic heterocycles. The highest BCUT2D eigenvalue weighted by Gasteiger charge is 2.18. The summed E-state index contributed by atoms with van der Waals surface area (Å²) in [6.45, 7) is 1.88. The van der Waals surface area contributed by atoms with Gasteiger partial charge in [-0.05, 0) is 19.8 Å². The van der Waals surface area contributed by atoms with E-state index in [-0.39, 0.29) is 25.1 Å². The average Bonchev–Trinajstić information content (AvgIpc) is 2.25. The standard InChI is InChI=1S/C10H21NO5S/c1-9(12)6-7-11(2)17(14,15)8-4-5-10(13)16-3/h9,12H,4-8H2,1-3H3. The number of sulfonamides is 1. The summed E-state index contributed by atoms with van der Waals surface area (Å²) in [6, 6.07) is 0. The summed E-state index contributed by atoms with van der Waals surface area (Å²) in [6.07, 6.45) is 0.212. The molecule has 0 aliphatic carbocycles. The van der Waals surface area contributed by atoms with E-state index in [2.05, 4.69) is 4.74 Å². The molecule has 17 heavy (non-hydrogen) atoms. The summed E-state index contributed by atoms with van der Waals surface area (Å²) in [5, 5.41) is 9.07. The van der Waals surface area contributed by atoms with Crippen LogP contribution in [0.1, 0.15) is 26.2 Å². The first kappa shape index (κ1) is 16.3. The highest BCUT2D eigenvalue weighted by molar-refractivity contribution is 7.89. The summed E-state index contributed by atoms with van der Waals surface area (Å²) in [5.41, 5.74) is 0. The molecule has 0 aromatic rings. The Morgan fingerprint density at radius 2 is 2.06 bits per heavy atom. The quantitative estimate of drug-likeness (QED) is 0.624. The smallest absolute Gasteiger partial charge is 0.305 e. The van der Waals surface area contributed by atoms with Gasteiger partial charge in [0.2, 0.25) is 10.0 Å². The minimum atomic E-state index is -3.35. The number of hydrogen-bond donors (Lipinski definition) is 1. The molecule has 0 rings (SSSR count). The van der Waals surface area contributed by atoms with E-state index in [9.17, 15) is 13.2 Å². The maximum atomic E-state index is 11.7. The van der Waals surface area contributed by atoms with Crippen molar-refractivity contribution in [2.24, 2.45) is 0 Å². The van der Waals surface area contributed by atoms with Crippen LogP contribution in [0, 0.1) is 0 Å². The van der Waals surface area contributed by atoms with E-state index >= 15 is 0 Å². The molecule has 1 N–H and O–H groups in total. The third kappa shape index (κ3) is 7.30. The number of hydrogen-bond acceptors (Lipinski definition) is 5. The number of rotatable bonds is 8. The van der Waals surface area contributed by atoms with Gasteiger partial charge in [0.05, 0.1) is 19.0 Å². The zero-order chi connectivity index (χ0) is 13.5. The molecule has 0 aliphatic rings. The van der Waals surface area contributed by atoms with Gasteiger partial charge in [-0.3, -0.25) is 4.79 Å². The Balaban J connectivity index is 4.05. The van der Waals surface area contributed by atoms with Gasteiger partial charge in [0, 0.05) is 20.0 Å². The van der Waals surface area contributed by atoms with E-state index in [0.717, 1.165) is 0 Å². The van der Waals surface area contributed by atoms with Crippen LogP contribution >= 0.6 is 0 Å². The second-order valence-electron chi connectivity index (χ2n) is 3.95. The van der Waals surface area contributed by atoms with Crippen molar-refractivity contribution in [1.29, 1.82) is 0 Å². The van der Waals surface area contributed by atoms with Crippen LogP contribution in [0.3, 0.4) is 0 Å². The molecule has 7 heteroatoms. The van der Waals surface area contributed by atoms with Gasteiger partial charge in [0.15, 0.2) is 0 Å². The van der Waals surface area contributed by atoms with Crippen molar-refractivity contribution in [3.8, 4) is 0 Å². The lowest BCUT2D eigenvalue weighted by molar-refractivity contribution is -0.140. The largest absolute Gasteiger partial charge is 0.469 e. The van der Waals surface area contributed by atoms with Crippen LogP contribution in [0.2, 0.25) is 0 Å². The van der Waals surface area contributed by atoms with E-state index in [4.69, 9.17) is 5.11 Å². The Hall–Kier alpha value is -0.660. The van der Waals surface area contributed by atoms with Crippen LogP contribution in [-0.2, 0) is 19.6 Å². The monoisotopic (exact) mass is 267 g/mol. The number of ether oxygens (including phenoxy) is 1. The zero-order valence-corrected chi connectivity index (χ0v) is 11.4. The molecule has 0 fully saturated rings. The number of aliphatic hydroxyl groups excluding tert-OH is 1. The number of nitrogens with zero attached hydrogens (tertiary/aromatic N) is 1. The summed E-state index contributed by atoms with van der Waals surface area (Å²) in [4.78, 5) is 10.8. The summed E-state index contributed by atoms with van der Waals surface area (Å²) < 4.78 is 29.0. The Morgan fingerprint density at radius 3 is 2.53 bits per heavy atom. The Morgan fingerprint density at radius 1 is 1.47 bits per heavy atom. The Bertz CT molecular complexity index is 326. The van der Waals surface area contributed by atoms with Crippen molar-refractivity contribution < 1.29 is 23.1 Å². The van der Waals surface area contributed by atoms with Crippen LogP contribution in [0.25, 0.3) is 0 Å². The van der Waals surface area contributed by atoms with E-state index in [1.54, 1.807) is 6.92 Å². The summed E-state index contributed by atoms with van der Waals surface area (Å²) in [7, 11) is -0.608. The fraction of sp³-hybridized carbons (Fsp3) is 0.900. The number of carbonyl (C=O) groups is 1. The third-order valence-corrected chi connectivity index (χ3v) is 4.28. The van der Waals surface area contributed by atoms with Crippen molar-refractivity contribution >= 4 is 16.0 Å². The number of aliphatic hydroxyl groups is 1. The molecule has 0 aromatic carbocycles. The Labute approximate surface area is 103 Å². The van der Waals surface area contributed by atoms with Gasteiger partial charge in [-0.1, -0.05) is 0 Å². The fourth-order valence-corrected chi connectivity index (χ4v) is 2.37. The molecule has 1 atom stereocenters. The third-order valence-electron chi connectivity index (χ3n) is 2.35. The van der Waals surface area contributed by atoms with Gasteiger partial charge < -0.3 is 9.84 Å². The molecule has 0 bridgehead atoms. The first-order valence-corrected chi connectivity index (χ1v) is 7.09. The molecule has 0 spiro atoms. The van der Waals surface area contributed by atoms with Gasteiger partial charge in [-0.25, -0.2) is 12.7 Å². The normalized spacial score (nSPS) is 13.7. The highest BCUT2D eigenvalue weighted by atomic mass is 32.2. The first-order chi connectivity index (χ1) is 7.79. The average molecular weight is 267 g/mol. The van der Waals surface area contributed by atoms with E-state index < -0.39 is 22.1 Å². The van der Waals surface area contributed by atoms with Crippen molar-refractivity contribution in [3.05, 3.63) is 0 Å². The van der Waals surface area contributed by atoms with E-state index in [1.807, 2.05) is 0 Å². The minimum Gasteiger partial charge on any atom is -0.469 e. The van der Waals surface area contributed by atoms with Gasteiger partial charge in [-0.15, -0.1) is 0 Å². The van der Waals surface area contributed by atoms with Gasteiger partial charge >= 0.3 is 5.97 Å². The minimum absolute atomic E-state index is 0.0849. The molecule has 0 saturated carbocycles. The molecule has 0 heterocycles. The first-order valence-electron chi connectivity index (χ1n) is 5.48. The Kier molecular flexibility index (Phi) is 7.33. The van der Waals surface area contributed by atoms with Crippen LogP contribution in [0.4, 0.5) is 0 Å². The van der Waals surface area contributed by atoms with Crippen molar-refractivity contribution in [2.45, 2.75) is 32.3 Å². The maximum absolute atomic E-state index is 11.7. The highest BCUT2D eigenvalue weighted by Crippen LogP contribution is 2.05. The maximum Gasteiger partial charge on any atom is 0.305 e. The molecule has 6 nitrogen and oxygen atoms in total. The molecule has 0 saturated heterocycles. The molecule has 102 valence electrons. The molecule has 0 radical (unpaired) electrons. The van der Waals surface area contributed by atoms with E-state index in [0.29, 0.717) is 6.42 Å². The fourth-order valence-electron chi connectivity index (χ4n) is 1.16. The number of carbonyl (C=O) groups excluding carboxylic acids is 1. The molecule has 0 aliphatic heterocycles. The zero-order valence-electron chi connectivity index (χ0n) is 10.5. The van der Waals surface area contributed by atoms with Gasteiger partial charge in [0.25, 0.3) is 0 Å². The predicted molar refractivity (Wildman–Crippen MR) is 64.0 cm³/mol. The second kappa shape index (κ2) is 7.62. The number of esters is 1. The SMILES string of the molecule is COC(=O)CCCS(=O)(=O)N(C)CCC(C)O. The van der Waals surface area contributed by atoms with Gasteiger partial charge in [0.1, 0.15) is 0 Å². The summed E-state index contributed by atoms with van der Waals surface area (Å²) in [5.74, 6) is -0.495. The molecule has 0 amide bonds. The van der Waals surface area contributed by atoms with Crippen LogP contribution in [0.15, 0.2) is 0 Å². The lowest BCUT2D eigenvalue weighted by Crippen LogP contribution is -2.31. The van der Waals surface area contributed by atoms with Crippen LogP contribution < -0.4 is 0 Å². The second-order valence-corrected chi connectivity index (χ2v) is 6.15. The van der Waals surface area contributed by atoms with Crippen LogP contribution in [-0.4, -0.2) is 56.4 Å². The van der Waals surface area contributed by atoms with Crippen molar-refractivity contribution in [1.82, 2.24) is 4.31 Å². The lowest BCUT2D eigenvalue weighted by Gasteiger charge is -2.17. The number of methoxy groups -OCH3 is 1. The van der Waals surface area contributed by atoms with Crippen molar-refractivity contribution in [3.63, 3.8) is 0 Å². The van der Waals surface area contributed by atoms with E-state index in [1.165, 1.54) is 18.5 Å². The van der Waals surface area contributed by atoms with Gasteiger partial charge in [-0.2, -0.15) is 0 Å². The lowest BCUT2D eigenvalue weighted by atomic mass is 10.3. The molecule has 1 unspecified atom stereocenters. The van der Waals surface area contributed by atoms with Crippen LogP contribution in [0.5, 0.6) is 0 Å². The molecular weight excluding hydrogens is 246 g/mol. The predicted octanol–water partition coefficient (Wildman–Crippen LogP) is -0.0279. The molecular formula is C10H21NO5S.